The van der Waals surface area contributed by atoms with Crippen LogP contribution in [0.2, 0.25) is 0 Å². The summed E-state index contributed by atoms with van der Waals surface area (Å²) in [5, 5.41) is 7.91. The number of carbonyl (C=O) groups is 1. The molecule has 1 N–H and O–H groups in total. The van der Waals surface area contributed by atoms with Crippen LogP contribution in [-0.2, 0) is 4.79 Å². The summed E-state index contributed by atoms with van der Waals surface area (Å²) in [5.41, 5.74) is 0. The maximum Gasteiger partial charge on any atom is 0.303 e. The monoisotopic (exact) mass is 301 g/mol. The minimum absolute atomic E-state index is 0.292. The lowest BCUT2D eigenvalue weighted by Gasteiger charge is -2.08. The fourth-order valence-corrected chi connectivity index (χ4v) is 2.13. The van der Waals surface area contributed by atoms with Gasteiger partial charge in [0.25, 0.3) is 0 Å². The number of unbranched alkanes of at least 4 members (excludes halogenated alkanes) is 9. The molecule has 0 rings (SSSR count). The minimum atomic E-state index is -0.711. The van der Waals surface area contributed by atoms with E-state index in [0.29, 0.717) is 6.42 Å². The second-order valence-electron chi connectivity index (χ2n) is 6.13. The Morgan fingerprint density at radius 2 is 1.19 bits per heavy atom. The summed E-state index contributed by atoms with van der Waals surface area (Å²) in [6.07, 6.45) is 15.4. The highest BCUT2D eigenvalue weighted by Crippen LogP contribution is 2.10. The lowest BCUT2D eigenvalue weighted by Crippen LogP contribution is -2.12. The zero-order valence-electron chi connectivity index (χ0n) is 15.0. The van der Waals surface area contributed by atoms with Crippen molar-refractivity contribution >= 4 is 5.97 Å². The van der Waals surface area contributed by atoms with Crippen molar-refractivity contribution in [1.29, 1.82) is 0 Å². The summed E-state index contributed by atoms with van der Waals surface area (Å²) in [7, 11) is 4.32. The Bertz CT molecular complexity index is 205. The molecule has 0 saturated heterocycles. The maximum atomic E-state index is 9.60. The summed E-state index contributed by atoms with van der Waals surface area (Å²) in [5.74, 6) is -0.711. The van der Waals surface area contributed by atoms with Crippen LogP contribution in [0.15, 0.2) is 0 Å². The van der Waals surface area contributed by atoms with Gasteiger partial charge in [0.2, 0.25) is 0 Å². The predicted octanol–water partition coefficient (Wildman–Crippen LogP) is 5.34. The molecule has 21 heavy (non-hydrogen) atoms. The summed E-state index contributed by atoms with van der Waals surface area (Å²) in [6, 6.07) is 0. The average molecular weight is 302 g/mol. The van der Waals surface area contributed by atoms with Crippen LogP contribution < -0.4 is 0 Å². The van der Waals surface area contributed by atoms with E-state index in [-0.39, 0.29) is 0 Å². The molecule has 0 aliphatic rings. The number of hydrogen-bond acceptors (Lipinski definition) is 2. The topological polar surface area (TPSA) is 40.5 Å². The molecule has 3 nitrogen and oxygen atoms in total. The lowest BCUT2D eigenvalue weighted by molar-refractivity contribution is -0.137. The van der Waals surface area contributed by atoms with Crippen molar-refractivity contribution in [2.75, 3.05) is 20.6 Å². The Kier molecular flexibility index (Phi) is 21.0. The van der Waals surface area contributed by atoms with Gasteiger partial charge in [-0.05, 0) is 33.5 Å². The summed E-state index contributed by atoms with van der Waals surface area (Å²) >= 11 is 0. The van der Waals surface area contributed by atoms with E-state index < -0.39 is 5.97 Å². The zero-order valence-corrected chi connectivity index (χ0v) is 15.0. The number of aliphatic carboxylic acids is 1. The molecule has 0 aliphatic carbocycles. The SMILES string of the molecule is CCCC(=O)O.CCCCCCCCCCCCN(C)C. The fraction of sp³-hybridized carbons (Fsp3) is 0.944. The molecule has 0 amide bonds. The van der Waals surface area contributed by atoms with Crippen LogP contribution in [0, 0.1) is 0 Å². The highest BCUT2D eigenvalue weighted by Gasteiger charge is 1.93. The van der Waals surface area contributed by atoms with Gasteiger partial charge in [-0.3, -0.25) is 4.79 Å². The third-order valence-electron chi connectivity index (χ3n) is 3.42. The summed E-state index contributed by atoms with van der Waals surface area (Å²) in [4.78, 5) is 11.9. The van der Waals surface area contributed by atoms with Crippen LogP contribution in [0.5, 0.6) is 0 Å². The number of hydrogen-bond donors (Lipinski definition) is 1. The highest BCUT2D eigenvalue weighted by atomic mass is 16.4. The number of nitrogens with zero attached hydrogens (tertiary/aromatic N) is 1. The molecule has 0 spiro atoms. The Balaban J connectivity index is 0. The maximum absolute atomic E-state index is 9.60. The van der Waals surface area contributed by atoms with Crippen molar-refractivity contribution in [3.63, 3.8) is 0 Å². The van der Waals surface area contributed by atoms with E-state index in [2.05, 4.69) is 25.9 Å². The normalized spacial score (nSPS) is 10.3. The quantitative estimate of drug-likeness (QED) is 0.467. The van der Waals surface area contributed by atoms with Crippen LogP contribution >= 0.6 is 0 Å². The van der Waals surface area contributed by atoms with E-state index in [9.17, 15) is 4.79 Å². The van der Waals surface area contributed by atoms with Crippen molar-refractivity contribution in [1.82, 2.24) is 4.90 Å². The van der Waals surface area contributed by atoms with Gasteiger partial charge in [0.05, 0.1) is 0 Å². The van der Waals surface area contributed by atoms with Gasteiger partial charge in [-0.1, -0.05) is 71.6 Å². The van der Waals surface area contributed by atoms with Gasteiger partial charge >= 0.3 is 5.97 Å². The molecular weight excluding hydrogens is 262 g/mol. The van der Waals surface area contributed by atoms with E-state index in [1.807, 2.05) is 6.92 Å². The number of rotatable bonds is 13. The third-order valence-corrected chi connectivity index (χ3v) is 3.42. The molecule has 0 saturated carbocycles. The van der Waals surface area contributed by atoms with Gasteiger partial charge < -0.3 is 10.0 Å². The minimum Gasteiger partial charge on any atom is -0.481 e. The summed E-state index contributed by atoms with van der Waals surface area (Å²) in [6.45, 7) is 5.38. The van der Waals surface area contributed by atoms with E-state index in [0.717, 1.165) is 6.42 Å². The van der Waals surface area contributed by atoms with Gasteiger partial charge in [0.1, 0.15) is 0 Å². The highest BCUT2D eigenvalue weighted by molar-refractivity contribution is 5.66. The summed E-state index contributed by atoms with van der Waals surface area (Å²) < 4.78 is 0. The number of carboxylic acids is 1. The van der Waals surface area contributed by atoms with Crippen molar-refractivity contribution < 1.29 is 9.90 Å². The van der Waals surface area contributed by atoms with Gasteiger partial charge in [0, 0.05) is 6.42 Å². The molecule has 0 atom stereocenters. The first-order valence-corrected chi connectivity index (χ1v) is 8.91. The van der Waals surface area contributed by atoms with E-state index >= 15 is 0 Å². The Morgan fingerprint density at radius 3 is 1.48 bits per heavy atom. The first kappa shape index (κ1) is 22.7. The second-order valence-corrected chi connectivity index (χ2v) is 6.13. The van der Waals surface area contributed by atoms with Crippen LogP contribution in [0.3, 0.4) is 0 Å². The van der Waals surface area contributed by atoms with Gasteiger partial charge in [0.15, 0.2) is 0 Å². The molecule has 0 aromatic rings. The van der Waals surface area contributed by atoms with Gasteiger partial charge in [-0.25, -0.2) is 0 Å². The smallest absolute Gasteiger partial charge is 0.303 e. The van der Waals surface area contributed by atoms with Crippen LogP contribution in [0.4, 0.5) is 0 Å². The molecule has 0 fully saturated rings. The Morgan fingerprint density at radius 1 is 0.762 bits per heavy atom. The Hall–Kier alpha value is -0.570. The largest absolute Gasteiger partial charge is 0.481 e. The average Bonchev–Trinajstić information content (AvgIpc) is 2.41. The molecule has 0 heterocycles. The van der Waals surface area contributed by atoms with Crippen molar-refractivity contribution in [3.8, 4) is 0 Å². The fourth-order valence-electron chi connectivity index (χ4n) is 2.13. The van der Waals surface area contributed by atoms with E-state index in [1.165, 1.54) is 70.8 Å². The van der Waals surface area contributed by atoms with Crippen LogP contribution in [0.25, 0.3) is 0 Å². The van der Waals surface area contributed by atoms with Crippen molar-refractivity contribution in [3.05, 3.63) is 0 Å². The first-order chi connectivity index (χ1) is 10.0. The van der Waals surface area contributed by atoms with E-state index in [4.69, 9.17) is 5.11 Å². The molecule has 0 radical (unpaired) electrons. The molecule has 0 bridgehead atoms. The van der Waals surface area contributed by atoms with Crippen LogP contribution in [-0.4, -0.2) is 36.6 Å². The second kappa shape index (κ2) is 19.4. The molecule has 3 heteroatoms. The van der Waals surface area contributed by atoms with Gasteiger partial charge in [-0.2, -0.15) is 0 Å². The molecule has 0 aromatic carbocycles. The van der Waals surface area contributed by atoms with E-state index in [1.54, 1.807) is 0 Å². The van der Waals surface area contributed by atoms with Gasteiger partial charge in [-0.15, -0.1) is 0 Å². The molecule has 0 unspecified atom stereocenters. The Labute approximate surface area is 133 Å². The predicted molar refractivity (Wildman–Crippen MR) is 92.9 cm³/mol. The lowest BCUT2D eigenvalue weighted by atomic mass is 10.1. The molecule has 0 aliphatic heterocycles. The molecule has 128 valence electrons. The third kappa shape index (κ3) is 28.3. The standard InChI is InChI=1S/C14H31N.C4H8O2/c1-4-5-6-7-8-9-10-11-12-13-14-15(2)3;1-2-3-4(5)6/h4-14H2,1-3H3;2-3H2,1H3,(H,5,6). The zero-order chi connectivity index (χ0) is 16.3. The van der Waals surface area contributed by atoms with Crippen LogP contribution in [0.1, 0.15) is 90.9 Å². The molecule has 0 aromatic heterocycles. The molecular formula is C18H39NO2. The number of carboxylic acid groups (broad SMARTS) is 1. The van der Waals surface area contributed by atoms with Crippen molar-refractivity contribution in [2.45, 2.75) is 90.9 Å². The van der Waals surface area contributed by atoms with Crippen molar-refractivity contribution in [2.24, 2.45) is 0 Å². The first-order valence-electron chi connectivity index (χ1n) is 8.91.